The predicted molar refractivity (Wildman–Crippen MR) is 53.1 cm³/mol. The smallest absolute Gasteiger partial charge is 0.124 e. The molecule has 0 bridgehead atoms. The Hall–Kier alpha value is -0.730. The lowest BCUT2D eigenvalue weighted by Crippen LogP contribution is -1.93. The highest BCUT2D eigenvalue weighted by molar-refractivity contribution is 6.30. The second-order valence-electron chi connectivity index (χ2n) is 3.32. The first-order valence-electron chi connectivity index (χ1n) is 4.18. The van der Waals surface area contributed by atoms with Crippen molar-refractivity contribution in [3.63, 3.8) is 0 Å². The molecular formula is C10H13ClO2. The predicted octanol–water partition coefficient (Wildman–Crippen LogP) is 2.66. The van der Waals surface area contributed by atoms with Gasteiger partial charge in [-0.3, -0.25) is 0 Å². The largest absolute Gasteiger partial charge is 0.507 e. The van der Waals surface area contributed by atoms with E-state index in [-0.39, 0.29) is 18.3 Å². The summed E-state index contributed by atoms with van der Waals surface area (Å²) in [6.45, 7) is 3.74. The van der Waals surface area contributed by atoms with Crippen LogP contribution < -0.4 is 0 Å². The Bertz CT molecular complexity index is 308. The Morgan fingerprint density at radius 2 is 2.00 bits per heavy atom. The summed E-state index contributed by atoms with van der Waals surface area (Å²) in [5.41, 5.74) is 1.26. The summed E-state index contributed by atoms with van der Waals surface area (Å²) in [5.74, 6) is 0.353. The molecule has 0 aliphatic carbocycles. The summed E-state index contributed by atoms with van der Waals surface area (Å²) in [6, 6.07) is 3.30. The van der Waals surface area contributed by atoms with Crippen LogP contribution in [0.4, 0.5) is 0 Å². The molecule has 0 fully saturated rings. The molecule has 2 nitrogen and oxygen atoms in total. The minimum absolute atomic E-state index is 0.155. The summed E-state index contributed by atoms with van der Waals surface area (Å²) in [7, 11) is 0. The molecule has 0 aliphatic heterocycles. The number of phenols is 1. The summed E-state index contributed by atoms with van der Waals surface area (Å²) >= 11 is 5.82. The molecule has 0 aromatic heterocycles. The van der Waals surface area contributed by atoms with Crippen molar-refractivity contribution in [1.82, 2.24) is 0 Å². The van der Waals surface area contributed by atoms with Gasteiger partial charge in [0.1, 0.15) is 5.75 Å². The molecule has 0 amide bonds. The van der Waals surface area contributed by atoms with Crippen LogP contribution in [-0.2, 0) is 6.61 Å². The van der Waals surface area contributed by atoms with Gasteiger partial charge >= 0.3 is 0 Å². The first kappa shape index (κ1) is 10.4. The lowest BCUT2D eigenvalue weighted by atomic mass is 9.99. The van der Waals surface area contributed by atoms with Gasteiger partial charge in [0.25, 0.3) is 0 Å². The first-order valence-corrected chi connectivity index (χ1v) is 4.56. The molecule has 1 aromatic rings. The van der Waals surface area contributed by atoms with Crippen molar-refractivity contribution in [1.29, 1.82) is 0 Å². The van der Waals surface area contributed by atoms with Crippen molar-refractivity contribution < 1.29 is 10.2 Å². The van der Waals surface area contributed by atoms with E-state index in [0.717, 1.165) is 5.56 Å². The van der Waals surface area contributed by atoms with Crippen molar-refractivity contribution in [3.05, 3.63) is 28.3 Å². The van der Waals surface area contributed by atoms with Crippen molar-refractivity contribution in [3.8, 4) is 5.75 Å². The average molecular weight is 201 g/mol. The van der Waals surface area contributed by atoms with Crippen molar-refractivity contribution in [2.75, 3.05) is 0 Å². The SMILES string of the molecule is CC(C)c1cc(Cl)cc(CO)c1O. The maximum atomic E-state index is 9.67. The summed E-state index contributed by atoms with van der Waals surface area (Å²) in [4.78, 5) is 0. The Morgan fingerprint density at radius 1 is 1.38 bits per heavy atom. The zero-order chi connectivity index (χ0) is 10.0. The quantitative estimate of drug-likeness (QED) is 0.771. The van der Waals surface area contributed by atoms with Gasteiger partial charge in [-0.25, -0.2) is 0 Å². The Balaban J connectivity index is 3.27. The molecule has 0 saturated carbocycles. The standard InChI is InChI=1S/C10H13ClO2/c1-6(2)9-4-8(11)3-7(5-12)10(9)13/h3-4,6,12-13H,5H2,1-2H3. The third-order valence-electron chi connectivity index (χ3n) is 1.98. The van der Waals surface area contributed by atoms with Crippen LogP contribution in [0.5, 0.6) is 5.75 Å². The highest BCUT2D eigenvalue weighted by Crippen LogP contribution is 2.32. The lowest BCUT2D eigenvalue weighted by Gasteiger charge is -2.11. The Kier molecular flexibility index (Phi) is 3.17. The molecule has 0 aliphatic rings. The molecule has 0 heterocycles. The van der Waals surface area contributed by atoms with Crippen molar-refractivity contribution in [2.45, 2.75) is 26.4 Å². The van der Waals surface area contributed by atoms with E-state index < -0.39 is 0 Å². The summed E-state index contributed by atoms with van der Waals surface area (Å²) in [6.07, 6.45) is 0. The van der Waals surface area contributed by atoms with E-state index in [0.29, 0.717) is 10.6 Å². The maximum absolute atomic E-state index is 9.67. The summed E-state index contributed by atoms with van der Waals surface area (Å²) < 4.78 is 0. The van der Waals surface area contributed by atoms with Gasteiger partial charge in [-0.2, -0.15) is 0 Å². The minimum atomic E-state index is -0.188. The normalized spacial score (nSPS) is 10.8. The highest BCUT2D eigenvalue weighted by atomic mass is 35.5. The lowest BCUT2D eigenvalue weighted by molar-refractivity contribution is 0.275. The van der Waals surface area contributed by atoms with Gasteiger partial charge in [-0.15, -0.1) is 0 Å². The van der Waals surface area contributed by atoms with Gasteiger partial charge in [0, 0.05) is 10.6 Å². The molecule has 0 unspecified atom stereocenters. The molecule has 0 radical (unpaired) electrons. The van der Waals surface area contributed by atoms with Crippen LogP contribution in [0.3, 0.4) is 0 Å². The average Bonchev–Trinajstić information content (AvgIpc) is 2.08. The fraction of sp³-hybridized carbons (Fsp3) is 0.400. The van der Waals surface area contributed by atoms with Crippen LogP contribution in [-0.4, -0.2) is 10.2 Å². The van der Waals surface area contributed by atoms with Crippen LogP contribution in [0.1, 0.15) is 30.9 Å². The van der Waals surface area contributed by atoms with Gasteiger partial charge in [0.15, 0.2) is 0 Å². The molecule has 0 atom stereocenters. The number of hydrogen-bond acceptors (Lipinski definition) is 2. The summed E-state index contributed by atoms with van der Waals surface area (Å²) in [5, 5.41) is 19.1. The van der Waals surface area contributed by atoms with Gasteiger partial charge in [0.05, 0.1) is 6.61 Å². The van der Waals surface area contributed by atoms with Gasteiger partial charge in [-0.05, 0) is 23.6 Å². The molecule has 0 spiro atoms. The molecule has 3 heteroatoms. The molecule has 0 saturated heterocycles. The molecule has 1 aromatic carbocycles. The van der Waals surface area contributed by atoms with Gasteiger partial charge in [-0.1, -0.05) is 25.4 Å². The van der Waals surface area contributed by atoms with E-state index in [1.807, 2.05) is 13.8 Å². The number of hydrogen-bond donors (Lipinski definition) is 2. The van der Waals surface area contributed by atoms with Crippen LogP contribution in [0.2, 0.25) is 5.02 Å². The van der Waals surface area contributed by atoms with E-state index in [2.05, 4.69) is 0 Å². The first-order chi connectivity index (χ1) is 6.06. The number of rotatable bonds is 2. The van der Waals surface area contributed by atoms with E-state index in [9.17, 15) is 5.11 Å². The van der Waals surface area contributed by atoms with E-state index >= 15 is 0 Å². The number of aliphatic hydroxyl groups is 1. The number of benzene rings is 1. The Morgan fingerprint density at radius 3 is 2.46 bits per heavy atom. The van der Waals surface area contributed by atoms with Gasteiger partial charge in [0.2, 0.25) is 0 Å². The van der Waals surface area contributed by atoms with Crippen LogP contribution in [0.15, 0.2) is 12.1 Å². The van der Waals surface area contributed by atoms with E-state index in [4.69, 9.17) is 16.7 Å². The molecule has 72 valence electrons. The fourth-order valence-corrected chi connectivity index (χ4v) is 1.49. The van der Waals surface area contributed by atoms with Crippen molar-refractivity contribution in [2.24, 2.45) is 0 Å². The molecule has 13 heavy (non-hydrogen) atoms. The highest BCUT2D eigenvalue weighted by Gasteiger charge is 2.11. The van der Waals surface area contributed by atoms with E-state index in [1.165, 1.54) is 0 Å². The molecule has 2 N–H and O–H groups in total. The van der Waals surface area contributed by atoms with Crippen molar-refractivity contribution >= 4 is 11.6 Å². The third kappa shape index (κ3) is 2.14. The number of aromatic hydroxyl groups is 1. The number of halogens is 1. The zero-order valence-electron chi connectivity index (χ0n) is 7.71. The maximum Gasteiger partial charge on any atom is 0.124 e. The second kappa shape index (κ2) is 3.99. The second-order valence-corrected chi connectivity index (χ2v) is 3.75. The Labute approximate surface area is 82.8 Å². The number of aliphatic hydroxyl groups excluding tert-OH is 1. The van der Waals surface area contributed by atoms with Crippen LogP contribution in [0.25, 0.3) is 0 Å². The topological polar surface area (TPSA) is 40.5 Å². The minimum Gasteiger partial charge on any atom is -0.507 e. The molecular weight excluding hydrogens is 188 g/mol. The zero-order valence-corrected chi connectivity index (χ0v) is 8.47. The monoisotopic (exact) mass is 200 g/mol. The van der Waals surface area contributed by atoms with Crippen LogP contribution in [0, 0.1) is 0 Å². The van der Waals surface area contributed by atoms with Gasteiger partial charge < -0.3 is 10.2 Å². The van der Waals surface area contributed by atoms with Crippen LogP contribution >= 0.6 is 11.6 Å². The third-order valence-corrected chi connectivity index (χ3v) is 2.19. The fourth-order valence-electron chi connectivity index (χ4n) is 1.24. The molecule has 1 rings (SSSR count). The van der Waals surface area contributed by atoms with E-state index in [1.54, 1.807) is 12.1 Å².